The van der Waals surface area contributed by atoms with Crippen LogP contribution in [0, 0.1) is 5.41 Å². The van der Waals surface area contributed by atoms with E-state index in [1.165, 1.54) is 15.6 Å². The maximum Gasteiger partial charge on any atom is 0.252 e. The molecule has 1 heterocycles. The third-order valence-corrected chi connectivity index (χ3v) is 7.06. The van der Waals surface area contributed by atoms with Crippen LogP contribution in [-0.2, 0) is 10.0 Å². The first-order valence-electron chi connectivity index (χ1n) is 5.31. The van der Waals surface area contributed by atoms with Crippen LogP contribution in [0.5, 0.6) is 0 Å². The van der Waals surface area contributed by atoms with Gasteiger partial charge in [0.25, 0.3) is 10.0 Å². The standard InChI is InChI=1S/C10H15BrN2O2S2/c1-13(7-10(6-12)4-5-10)17(14,15)9-3-2-8(11)16-9/h2-3H,4-7,12H2,1H3. The summed E-state index contributed by atoms with van der Waals surface area (Å²) in [6.07, 6.45) is 2.05. The van der Waals surface area contributed by atoms with Crippen LogP contribution >= 0.6 is 27.3 Å². The molecule has 7 heteroatoms. The SMILES string of the molecule is CN(CC1(CN)CC1)S(=O)(=O)c1ccc(Br)s1. The maximum absolute atomic E-state index is 12.2. The van der Waals surface area contributed by atoms with Gasteiger partial charge >= 0.3 is 0 Å². The number of halogens is 1. The van der Waals surface area contributed by atoms with Gasteiger partial charge < -0.3 is 5.73 Å². The van der Waals surface area contributed by atoms with E-state index < -0.39 is 10.0 Å². The van der Waals surface area contributed by atoms with Crippen LogP contribution in [0.4, 0.5) is 0 Å². The van der Waals surface area contributed by atoms with E-state index in [9.17, 15) is 8.42 Å². The number of hydrogen-bond acceptors (Lipinski definition) is 4. The summed E-state index contributed by atoms with van der Waals surface area (Å²) in [5, 5.41) is 0. The molecule has 0 amide bonds. The molecule has 0 aliphatic heterocycles. The molecule has 0 aromatic carbocycles. The molecule has 0 radical (unpaired) electrons. The van der Waals surface area contributed by atoms with Gasteiger partial charge in [-0.2, -0.15) is 4.31 Å². The summed E-state index contributed by atoms with van der Waals surface area (Å²) >= 11 is 4.51. The van der Waals surface area contributed by atoms with Crippen LogP contribution in [0.2, 0.25) is 0 Å². The topological polar surface area (TPSA) is 63.4 Å². The van der Waals surface area contributed by atoms with Crippen LogP contribution < -0.4 is 5.73 Å². The van der Waals surface area contributed by atoms with Crippen molar-refractivity contribution in [3.05, 3.63) is 15.9 Å². The largest absolute Gasteiger partial charge is 0.330 e. The molecular weight excluding hydrogens is 324 g/mol. The Kier molecular flexibility index (Phi) is 3.66. The highest BCUT2D eigenvalue weighted by atomic mass is 79.9. The lowest BCUT2D eigenvalue weighted by molar-refractivity contribution is 0.372. The third-order valence-electron chi connectivity index (χ3n) is 3.16. The van der Waals surface area contributed by atoms with Crippen molar-refractivity contribution in [2.45, 2.75) is 17.1 Å². The highest BCUT2D eigenvalue weighted by Crippen LogP contribution is 2.45. The van der Waals surface area contributed by atoms with Gasteiger partial charge in [-0.25, -0.2) is 8.42 Å². The number of hydrogen-bond donors (Lipinski definition) is 1. The van der Waals surface area contributed by atoms with E-state index in [2.05, 4.69) is 15.9 Å². The fourth-order valence-electron chi connectivity index (χ4n) is 1.75. The molecule has 1 aromatic heterocycles. The maximum atomic E-state index is 12.2. The van der Waals surface area contributed by atoms with Crippen LogP contribution in [0.3, 0.4) is 0 Å². The van der Waals surface area contributed by atoms with Gasteiger partial charge in [0.15, 0.2) is 0 Å². The van der Waals surface area contributed by atoms with Gasteiger partial charge in [0.1, 0.15) is 4.21 Å². The molecule has 0 atom stereocenters. The number of nitrogens with two attached hydrogens (primary N) is 1. The zero-order valence-electron chi connectivity index (χ0n) is 9.52. The fourth-order valence-corrected chi connectivity index (χ4v) is 5.26. The Balaban J connectivity index is 2.16. The highest BCUT2D eigenvalue weighted by molar-refractivity contribution is 9.11. The molecular formula is C10H15BrN2O2S2. The summed E-state index contributed by atoms with van der Waals surface area (Å²) in [6, 6.07) is 3.38. The van der Waals surface area contributed by atoms with E-state index in [0.717, 1.165) is 16.6 Å². The second-order valence-corrected chi connectivity index (χ2v) is 9.26. The van der Waals surface area contributed by atoms with Gasteiger partial charge in [-0.1, -0.05) is 0 Å². The summed E-state index contributed by atoms with van der Waals surface area (Å²) in [6.45, 7) is 1.07. The lowest BCUT2D eigenvalue weighted by Crippen LogP contribution is -2.35. The van der Waals surface area contributed by atoms with Gasteiger partial charge in [0.05, 0.1) is 3.79 Å². The predicted molar refractivity (Wildman–Crippen MR) is 72.6 cm³/mol. The Morgan fingerprint density at radius 1 is 1.53 bits per heavy atom. The first-order valence-corrected chi connectivity index (χ1v) is 8.36. The van der Waals surface area contributed by atoms with Crippen LogP contribution in [-0.4, -0.2) is 32.9 Å². The Labute approximate surface area is 114 Å². The summed E-state index contributed by atoms with van der Waals surface area (Å²) in [5.41, 5.74) is 5.70. The van der Waals surface area contributed by atoms with Crippen molar-refractivity contribution in [3.8, 4) is 0 Å². The summed E-state index contributed by atoms with van der Waals surface area (Å²) in [5.74, 6) is 0. The van der Waals surface area contributed by atoms with Crippen molar-refractivity contribution >= 4 is 37.3 Å². The molecule has 0 unspecified atom stereocenters. The minimum atomic E-state index is -3.36. The van der Waals surface area contributed by atoms with E-state index in [-0.39, 0.29) is 5.41 Å². The molecule has 1 aliphatic rings. The smallest absolute Gasteiger partial charge is 0.252 e. The monoisotopic (exact) mass is 338 g/mol. The molecule has 0 spiro atoms. The number of sulfonamides is 1. The Morgan fingerprint density at radius 3 is 2.59 bits per heavy atom. The van der Waals surface area contributed by atoms with Crippen LogP contribution in [0.1, 0.15) is 12.8 Å². The van der Waals surface area contributed by atoms with Crippen molar-refractivity contribution in [2.24, 2.45) is 11.1 Å². The predicted octanol–water partition coefficient (Wildman–Crippen LogP) is 1.87. The average Bonchev–Trinajstić information content (AvgIpc) is 2.91. The summed E-state index contributed by atoms with van der Waals surface area (Å²) < 4.78 is 27.1. The van der Waals surface area contributed by atoms with Crippen molar-refractivity contribution in [3.63, 3.8) is 0 Å². The Morgan fingerprint density at radius 2 is 2.18 bits per heavy atom. The van der Waals surface area contributed by atoms with E-state index in [1.54, 1.807) is 19.2 Å². The number of thiophene rings is 1. The van der Waals surface area contributed by atoms with Gasteiger partial charge in [-0.15, -0.1) is 11.3 Å². The molecule has 1 aromatic rings. The minimum absolute atomic E-state index is 0.0241. The van der Waals surface area contributed by atoms with E-state index in [0.29, 0.717) is 17.3 Å². The van der Waals surface area contributed by atoms with Gasteiger partial charge in [-0.3, -0.25) is 0 Å². The van der Waals surface area contributed by atoms with Crippen LogP contribution in [0.15, 0.2) is 20.1 Å². The van der Waals surface area contributed by atoms with Crippen molar-refractivity contribution in [1.29, 1.82) is 0 Å². The van der Waals surface area contributed by atoms with E-state index in [4.69, 9.17) is 5.73 Å². The molecule has 1 saturated carbocycles. The van der Waals surface area contributed by atoms with E-state index in [1.807, 2.05) is 0 Å². The highest BCUT2D eigenvalue weighted by Gasteiger charge is 2.44. The van der Waals surface area contributed by atoms with Gasteiger partial charge in [-0.05, 0) is 52.9 Å². The normalized spacial score (nSPS) is 18.6. The van der Waals surface area contributed by atoms with Crippen molar-refractivity contribution in [2.75, 3.05) is 20.1 Å². The first-order chi connectivity index (χ1) is 7.89. The molecule has 2 rings (SSSR count). The lowest BCUT2D eigenvalue weighted by atomic mass is 10.1. The third kappa shape index (κ3) is 2.73. The quantitative estimate of drug-likeness (QED) is 0.891. The first kappa shape index (κ1) is 13.5. The zero-order valence-corrected chi connectivity index (χ0v) is 12.7. The van der Waals surface area contributed by atoms with Gasteiger partial charge in [0, 0.05) is 13.6 Å². The van der Waals surface area contributed by atoms with Crippen molar-refractivity contribution in [1.82, 2.24) is 4.31 Å². The number of nitrogens with zero attached hydrogens (tertiary/aromatic N) is 1. The molecule has 0 saturated heterocycles. The van der Waals surface area contributed by atoms with E-state index >= 15 is 0 Å². The van der Waals surface area contributed by atoms with Crippen LogP contribution in [0.25, 0.3) is 0 Å². The molecule has 96 valence electrons. The average molecular weight is 339 g/mol. The molecule has 4 nitrogen and oxygen atoms in total. The second-order valence-electron chi connectivity index (χ2n) is 4.52. The molecule has 0 bridgehead atoms. The summed E-state index contributed by atoms with van der Waals surface area (Å²) in [7, 11) is -1.73. The molecule has 2 N–H and O–H groups in total. The lowest BCUT2D eigenvalue weighted by Gasteiger charge is -2.21. The number of rotatable bonds is 5. The van der Waals surface area contributed by atoms with Gasteiger partial charge in [0.2, 0.25) is 0 Å². The molecule has 1 aliphatic carbocycles. The fraction of sp³-hybridized carbons (Fsp3) is 0.600. The minimum Gasteiger partial charge on any atom is -0.330 e. The Hall–Kier alpha value is 0.0500. The molecule has 17 heavy (non-hydrogen) atoms. The second kappa shape index (κ2) is 4.62. The zero-order chi connectivity index (χ0) is 12.7. The molecule has 1 fully saturated rings. The Bertz CT molecular complexity index is 508. The summed E-state index contributed by atoms with van der Waals surface area (Å²) in [4.78, 5) is 0. The van der Waals surface area contributed by atoms with Crippen molar-refractivity contribution < 1.29 is 8.42 Å².